The van der Waals surface area contributed by atoms with E-state index in [9.17, 15) is 5.11 Å². The average molecular weight is 335 g/mol. The van der Waals surface area contributed by atoms with Crippen LogP contribution in [0.2, 0.25) is 5.02 Å². The number of fused-ring (bicyclic) bond motifs is 3. The second-order valence-electron chi connectivity index (χ2n) is 4.20. The summed E-state index contributed by atoms with van der Waals surface area (Å²) in [4.78, 5) is 4.46. The van der Waals surface area contributed by atoms with E-state index in [1.54, 1.807) is 11.8 Å². The molecule has 0 saturated heterocycles. The maximum Gasteiger partial charge on any atom is 0.196 e. The van der Waals surface area contributed by atoms with Crippen LogP contribution >= 0.6 is 40.3 Å². The summed E-state index contributed by atoms with van der Waals surface area (Å²) in [5.74, 6) is 0. The zero-order valence-electron chi connectivity index (χ0n) is 9.31. The largest absolute Gasteiger partial charge is 0.365 e. The van der Waals surface area contributed by atoms with Crippen molar-refractivity contribution in [1.29, 1.82) is 0 Å². The minimum absolute atomic E-state index is 0. The lowest BCUT2D eigenvalue weighted by Crippen LogP contribution is -2.27. The topological polar surface area (TPSA) is 32.6 Å². The third kappa shape index (κ3) is 1.95. The third-order valence-corrected chi connectivity index (χ3v) is 4.86. The van der Waals surface area contributed by atoms with Crippen LogP contribution in [0.15, 0.2) is 23.2 Å². The van der Waals surface area contributed by atoms with Crippen LogP contribution in [0.3, 0.4) is 0 Å². The Labute approximate surface area is 120 Å². The summed E-state index contributed by atoms with van der Waals surface area (Å²) in [5.41, 5.74) is 1.06. The first-order valence-corrected chi connectivity index (χ1v) is 6.66. The number of nitrogens with zero attached hydrogens (tertiary/aromatic N) is 1. The highest BCUT2D eigenvalue weighted by atomic mass is 79.9. The van der Waals surface area contributed by atoms with Crippen molar-refractivity contribution < 1.29 is 5.11 Å². The van der Waals surface area contributed by atoms with Crippen molar-refractivity contribution in [3.8, 4) is 0 Å². The highest BCUT2D eigenvalue weighted by molar-refractivity contribution is 8.93. The zero-order chi connectivity index (χ0) is 11.3. The van der Waals surface area contributed by atoms with E-state index in [0.717, 1.165) is 34.0 Å². The molecule has 0 aromatic heterocycles. The van der Waals surface area contributed by atoms with E-state index in [-0.39, 0.29) is 22.2 Å². The number of aliphatic hydroxyl groups is 1. The molecule has 0 spiro atoms. The van der Waals surface area contributed by atoms with Crippen LogP contribution in [0.25, 0.3) is 0 Å². The quantitative estimate of drug-likeness (QED) is 0.852. The molecule has 0 fully saturated rings. The minimum Gasteiger partial charge on any atom is -0.365 e. The van der Waals surface area contributed by atoms with Crippen molar-refractivity contribution in [3.05, 3.63) is 34.3 Å². The lowest BCUT2D eigenvalue weighted by atomic mass is 10.1. The van der Waals surface area contributed by atoms with Crippen LogP contribution in [0.1, 0.15) is 24.5 Å². The summed E-state index contributed by atoms with van der Waals surface area (Å²) < 4.78 is 0. The van der Waals surface area contributed by atoms with Gasteiger partial charge in [-0.2, -0.15) is 0 Å². The van der Waals surface area contributed by atoms with E-state index < -0.39 is 5.72 Å². The van der Waals surface area contributed by atoms with Gasteiger partial charge < -0.3 is 5.11 Å². The van der Waals surface area contributed by atoms with E-state index in [1.807, 2.05) is 18.2 Å². The fraction of sp³-hybridized carbons (Fsp3) is 0.417. The van der Waals surface area contributed by atoms with Gasteiger partial charge in [-0.1, -0.05) is 24.6 Å². The first kappa shape index (κ1) is 13.4. The van der Waals surface area contributed by atoms with E-state index in [2.05, 4.69) is 11.9 Å². The Hall–Kier alpha value is -0.0300. The van der Waals surface area contributed by atoms with E-state index >= 15 is 0 Å². The molecule has 2 unspecified atom stereocenters. The van der Waals surface area contributed by atoms with Gasteiger partial charge in [-0.25, -0.2) is 4.99 Å². The predicted molar refractivity (Wildman–Crippen MR) is 78.5 cm³/mol. The van der Waals surface area contributed by atoms with Gasteiger partial charge in [0.05, 0.1) is 10.3 Å². The molecule has 1 aliphatic carbocycles. The maximum absolute atomic E-state index is 10.6. The molecule has 0 radical (unpaired) electrons. The first-order valence-electron chi connectivity index (χ1n) is 5.40. The van der Waals surface area contributed by atoms with Gasteiger partial charge in [0.1, 0.15) is 0 Å². The summed E-state index contributed by atoms with van der Waals surface area (Å²) >= 11 is 7.66. The van der Waals surface area contributed by atoms with Crippen LogP contribution in [-0.4, -0.2) is 15.4 Å². The number of hydrogen-bond donors (Lipinski definition) is 1. The molecule has 1 heterocycles. The van der Waals surface area contributed by atoms with Gasteiger partial charge in [-0.3, -0.25) is 0 Å². The molecule has 2 atom stereocenters. The van der Waals surface area contributed by atoms with Gasteiger partial charge in [-0.15, -0.1) is 28.7 Å². The first-order chi connectivity index (χ1) is 7.63. The Morgan fingerprint density at radius 3 is 3.06 bits per heavy atom. The molecule has 1 aliphatic heterocycles. The van der Waals surface area contributed by atoms with Crippen molar-refractivity contribution in [2.75, 3.05) is 0 Å². The van der Waals surface area contributed by atoms with Gasteiger partial charge in [0, 0.05) is 10.6 Å². The molecule has 5 heteroatoms. The molecule has 17 heavy (non-hydrogen) atoms. The molecule has 0 amide bonds. The second-order valence-corrected chi connectivity index (χ2v) is 5.91. The van der Waals surface area contributed by atoms with Gasteiger partial charge >= 0.3 is 0 Å². The standard InChI is InChI=1S/C12H12ClNOS.BrH/c1-2-11-14-12(15)9-4-3-8(13)5-7(9)6-10(12)16-11;/h3-5,10,15H,2,6H2,1H3;1H. The normalized spacial score (nSPS) is 29.4. The van der Waals surface area contributed by atoms with E-state index in [1.165, 1.54) is 0 Å². The Morgan fingerprint density at radius 1 is 1.59 bits per heavy atom. The lowest BCUT2D eigenvalue weighted by Gasteiger charge is -2.19. The van der Waals surface area contributed by atoms with Gasteiger partial charge in [0.15, 0.2) is 5.72 Å². The summed E-state index contributed by atoms with van der Waals surface area (Å²) in [7, 11) is 0. The smallest absolute Gasteiger partial charge is 0.196 e. The predicted octanol–water partition coefficient (Wildman–Crippen LogP) is 3.54. The van der Waals surface area contributed by atoms with Gasteiger partial charge in [0.25, 0.3) is 0 Å². The van der Waals surface area contributed by atoms with Crippen LogP contribution in [-0.2, 0) is 12.1 Å². The Morgan fingerprint density at radius 2 is 2.35 bits per heavy atom. The van der Waals surface area contributed by atoms with Gasteiger partial charge in [0.2, 0.25) is 0 Å². The summed E-state index contributed by atoms with van der Waals surface area (Å²) in [5, 5.41) is 12.5. The summed E-state index contributed by atoms with van der Waals surface area (Å²) in [6.45, 7) is 2.07. The lowest BCUT2D eigenvalue weighted by molar-refractivity contribution is 0.0579. The third-order valence-electron chi connectivity index (χ3n) is 3.19. The molecule has 1 aromatic rings. The molecular formula is C12H13BrClNOS. The monoisotopic (exact) mass is 333 g/mol. The number of rotatable bonds is 1. The van der Waals surface area contributed by atoms with Crippen LogP contribution in [0.5, 0.6) is 0 Å². The second kappa shape index (κ2) is 4.57. The number of hydrogen-bond acceptors (Lipinski definition) is 3. The number of aliphatic imine (C=N–C) groups is 1. The minimum atomic E-state index is -1.00. The van der Waals surface area contributed by atoms with E-state index in [4.69, 9.17) is 11.6 Å². The molecular weight excluding hydrogens is 322 g/mol. The van der Waals surface area contributed by atoms with Crippen LogP contribution in [0, 0.1) is 0 Å². The highest BCUT2D eigenvalue weighted by Crippen LogP contribution is 2.50. The van der Waals surface area contributed by atoms with Crippen molar-refractivity contribution in [3.63, 3.8) is 0 Å². The Balaban J connectivity index is 0.00000108. The highest BCUT2D eigenvalue weighted by Gasteiger charge is 2.50. The van der Waals surface area contributed by atoms with Crippen molar-refractivity contribution in [1.82, 2.24) is 0 Å². The maximum atomic E-state index is 10.6. The molecule has 1 aromatic carbocycles. The Bertz CT molecular complexity index is 493. The fourth-order valence-electron chi connectivity index (χ4n) is 2.40. The molecule has 0 bridgehead atoms. The number of benzene rings is 1. The molecule has 92 valence electrons. The average Bonchev–Trinajstić information content (AvgIpc) is 2.68. The summed E-state index contributed by atoms with van der Waals surface area (Å²) in [6, 6.07) is 5.67. The summed E-state index contributed by atoms with van der Waals surface area (Å²) in [6.07, 6.45) is 1.75. The number of halogens is 2. The number of thioether (sulfide) groups is 1. The van der Waals surface area contributed by atoms with Crippen LogP contribution in [0.4, 0.5) is 0 Å². The Kier molecular flexibility index (Phi) is 3.61. The van der Waals surface area contributed by atoms with Crippen LogP contribution < -0.4 is 0 Å². The zero-order valence-corrected chi connectivity index (χ0v) is 12.6. The van der Waals surface area contributed by atoms with E-state index in [0.29, 0.717) is 0 Å². The molecule has 3 rings (SSSR count). The van der Waals surface area contributed by atoms with Crippen molar-refractivity contribution in [2.45, 2.75) is 30.7 Å². The molecule has 1 N–H and O–H groups in total. The molecule has 2 nitrogen and oxygen atoms in total. The fourth-order valence-corrected chi connectivity index (χ4v) is 3.89. The SMILES string of the molecule is Br.CCC1=NC2(O)c3ccc(Cl)cc3CC2S1. The van der Waals surface area contributed by atoms with Crippen molar-refractivity contribution in [2.24, 2.45) is 4.99 Å². The molecule has 2 aliphatic rings. The molecule has 0 saturated carbocycles. The van der Waals surface area contributed by atoms with Gasteiger partial charge in [-0.05, 0) is 30.5 Å². The van der Waals surface area contributed by atoms with Crippen molar-refractivity contribution >= 4 is 45.4 Å².